The normalized spacial score (nSPS) is 13.2. The van der Waals surface area contributed by atoms with Gasteiger partial charge in [-0.05, 0) is 55.3 Å². The topological polar surface area (TPSA) is 51.9 Å². The molecular formula is C24H26N4O. The molecule has 1 aliphatic heterocycles. The maximum Gasteiger partial charge on any atom is 0.255 e. The highest BCUT2D eigenvalue weighted by Crippen LogP contribution is 2.29. The number of hydrogen-bond acceptors (Lipinski definition) is 3. The van der Waals surface area contributed by atoms with E-state index in [1.54, 1.807) is 10.6 Å². The molecule has 1 N–H and O–H groups in total. The summed E-state index contributed by atoms with van der Waals surface area (Å²) in [6.45, 7) is 3.91. The molecule has 0 amide bonds. The van der Waals surface area contributed by atoms with Crippen molar-refractivity contribution in [3.8, 4) is 16.9 Å². The predicted octanol–water partition coefficient (Wildman–Crippen LogP) is 3.98. The van der Waals surface area contributed by atoms with Crippen LogP contribution in [-0.4, -0.2) is 20.7 Å². The molecule has 0 aliphatic carbocycles. The van der Waals surface area contributed by atoms with Crippen LogP contribution in [-0.2, 0) is 20.0 Å². The van der Waals surface area contributed by atoms with Crippen LogP contribution >= 0.6 is 0 Å². The fourth-order valence-electron chi connectivity index (χ4n) is 4.12. The van der Waals surface area contributed by atoms with Crippen molar-refractivity contribution in [2.24, 2.45) is 7.05 Å². The number of nitrogens with one attached hydrogen (secondary N) is 1. The molecule has 0 bridgehead atoms. The summed E-state index contributed by atoms with van der Waals surface area (Å²) >= 11 is 0. The molecule has 1 aromatic carbocycles. The van der Waals surface area contributed by atoms with Gasteiger partial charge in [0, 0.05) is 48.7 Å². The maximum atomic E-state index is 12.8. The van der Waals surface area contributed by atoms with E-state index in [1.807, 2.05) is 43.6 Å². The number of aromatic nitrogens is 3. The summed E-state index contributed by atoms with van der Waals surface area (Å²) < 4.78 is 3.94. The van der Waals surface area contributed by atoms with Crippen LogP contribution in [0.1, 0.15) is 24.2 Å². The molecule has 4 aromatic rings. The molecule has 5 nitrogen and oxygen atoms in total. The Kier molecular flexibility index (Phi) is 4.84. The third kappa shape index (κ3) is 3.17. The van der Waals surface area contributed by atoms with Crippen molar-refractivity contribution in [1.29, 1.82) is 0 Å². The lowest BCUT2D eigenvalue weighted by Crippen LogP contribution is -2.24. The van der Waals surface area contributed by atoms with Crippen molar-refractivity contribution in [3.05, 3.63) is 82.0 Å². The van der Waals surface area contributed by atoms with E-state index in [0.717, 1.165) is 42.0 Å². The zero-order valence-electron chi connectivity index (χ0n) is 16.1. The van der Waals surface area contributed by atoms with Crippen LogP contribution in [0.3, 0.4) is 0 Å². The second-order valence-electron chi connectivity index (χ2n) is 7.46. The van der Waals surface area contributed by atoms with Gasteiger partial charge in [-0.1, -0.05) is 19.6 Å². The van der Waals surface area contributed by atoms with Gasteiger partial charge in [0.2, 0.25) is 0 Å². The van der Waals surface area contributed by atoms with E-state index in [2.05, 4.69) is 34.0 Å². The van der Waals surface area contributed by atoms with Crippen molar-refractivity contribution in [2.45, 2.75) is 27.3 Å². The van der Waals surface area contributed by atoms with Crippen LogP contribution in [0.15, 0.2) is 59.7 Å². The molecule has 0 saturated heterocycles. The van der Waals surface area contributed by atoms with Gasteiger partial charge in [0.25, 0.3) is 5.56 Å². The van der Waals surface area contributed by atoms with Gasteiger partial charge < -0.3 is 9.88 Å². The van der Waals surface area contributed by atoms with E-state index in [-0.39, 0.29) is 13.0 Å². The zero-order chi connectivity index (χ0) is 19.3. The molecule has 29 heavy (non-hydrogen) atoms. The zero-order valence-corrected chi connectivity index (χ0v) is 16.1. The number of benzene rings is 1. The Hall–Kier alpha value is -3.18. The summed E-state index contributed by atoms with van der Waals surface area (Å²) in [6.07, 6.45) is 4.70. The number of rotatable bonds is 2. The van der Waals surface area contributed by atoms with Crippen LogP contribution in [0.25, 0.3) is 27.8 Å². The Bertz CT molecular complexity index is 1250. The van der Waals surface area contributed by atoms with Gasteiger partial charge in [-0.15, -0.1) is 0 Å². The molecule has 148 valence electrons. The smallest absolute Gasteiger partial charge is 0.255 e. The molecule has 5 rings (SSSR count). The van der Waals surface area contributed by atoms with Crippen molar-refractivity contribution in [1.82, 2.24) is 19.4 Å². The summed E-state index contributed by atoms with van der Waals surface area (Å²) in [5, 5.41) is 4.73. The fraction of sp³-hybridized carbons (Fsp3) is 0.250. The van der Waals surface area contributed by atoms with Gasteiger partial charge in [-0.3, -0.25) is 14.3 Å². The quantitative estimate of drug-likeness (QED) is 0.567. The molecule has 0 saturated carbocycles. The molecule has 4 heterocycles. The molecule has 0 radical (unpaired) electrons. The summed E-state index contributed by atoms with van der Waals surface area (Å²) in [4.78, 5) is 17.2. The second-order valence-corrected chi connectivity index (χ2v) is 7.46. The van der Waals surface area contributed by atoms with E-state index < -0.39 is 0 Å². The molecule has 0 unspecified atom stereocenters. The Labute approximate surface area is 170 Å². The van der Waals surface area contributed by atoms with Crippen LogP contribution < -0.4 is 10.9 Å². The van der Waals surface area contributed by atoms with Crippen LogP contribution in [0, 0.1) is 6.92 Å². The van der Waals surface area contributed by atoms with Crippen LogP contribution in [0.2, 0.25) is 0 Å². The number of aryl methyl sites for hydroxylation is 2. The maximum absolute atomic E-state index is 12.8. The summed E-state index contributed by atoms with van der Waals surface area (Å²) in [7, 11) is 2.10. The molecular weight excluding hydrogens is 360 g/mol. The van der Waals surface area contributed by atoms with Crippen molar-refractivity contribution < 1.29 is 0 Å². The summed E-state index contributed by atoms with van der Waals surface area (Å²) in [5.41, 5.74) is 7.51. The van der Waals surface area contributed by atoms with Crippen LogP contribution in [0.5, 0.6) is 0 Å². The molecule has 3 aromatic heterocycles. The van der Waals surface area contributed by atoms with Crippen molar-refractivity contribution >= 4 is 10.9 Å². The first-order chi connectivity index (χ1) is 13.6. The van der Waals surface area contributed by atoms with Gasteiger partial charge in [-0.2, -0.15) is 0 Å². The number of hydrogen-bond donors (Lipinski definition) is 1. The fourth-order valence-corrected chi connectivity index (χ4v) is 4.12. The minimum Gasteiger partial charge on any atom is -0.346 e. The minimum absolute atomic E-state index is 0. The third-order valence-electron chi connectivity index (χ3n) is 5.67. The number of nitrogens with zero attached hydrogens (tertiary/aromatic N) is 3. The second kappa shape index (κ2) is 7.33. The first kappa shape index (κ1) is 19.2. The van der Waals surface area contributed by atoms with Crippen molar-refractivity contribution in [3.63, 3.8) is 0 Å². The highest BCUT2D eigenvalue weighted by atomic mass is 16.1. The van der Waals surface area contributed by atoms with E-state index in [9.17, 15) is 4.79 Å². The predicted molar refractivity (Wildman–Crippen MR) is 119 cm³/mol. The van der Waals surface area contributed by atoms with Crippen molar-refractivity contribution in [2.75, 3.05) is 6.54 Å². The van der Waals surface area contributed by atoms with E-state index in [0.29, 0.717) is 0 Å². The lowest BCUT2D eigenvalue weighted by Gasteiger charge is -2.14. The first-order valence-corrected chi connectivity index (χ1v) is 9.59. The summed E-state index contributed by atoms with van der Waals surface area (Å²) in [5.74, 6) is 0. The first-order valence-electron chi connectivity index (χ1n) is 9.59. The standard InChI is InChI=1S/C23H22N4O.CH4/c1-15-3-6-20(25-13-15)16-8-10-27(23(28)11-16)17-4-5-18-19-7-9-24-14-22(19)26(2)21(18)12-17;/h3-6,8,10-13,24H,7,9,14H2,1-2H3;1H4. The summed E-state index contributed by atoms with van der Waals surface area (Å²) in [6, 6.07) is 13.9. The highest BCUT2D eigenvalue weighted by molar-refractivity contribution is 5.87. The lowest BCUT2D eigenvalue weighted by molar-refractivity contribution is 0.614. The minimum atomic E-state index is -0.0557. The van der Waals surface area contributed by atoms with E-state index in [1.165, 1.54) is 22.2 Å². The average Bonchev–Trinajstić information content (AvgIpc) is 3.01. The van der Waals surface area contributed by atoms with Gasteiger partial charge in [0.15, 0.2) is 0 Å². The van der Waals surface area contributed by atoms with Gasteiger partial charge in [0.05, 0.1) is 16.9 Å². The Morgan fingerprint density at radius 3 is 2.72 bits per heavy atom. The molecule has 0 fully saturated rings. The molecule has 5 heteroatoms. The largest absolute Gasteiger partial charge is 0.346 e. The lowest BCUT2D eigenvalue weighted by atomic mass is 10.0. The SMILES string of the molecule is C.Cc1ccc(-c2ccn(-c3ccc4c5c(n(C)c4c3)CNCC5)c(=O)c2)nc1. The third-order valence-corrected chi connectivity index (χ3v) is 5.67. The number of pyridine rings is 2. The number of fused-ring (bicyclic) bond motifs is 3. The Morgan fingerprint density at radius 1 is 1.10 bits per heavy atom. The van der Waals surface area contributed by atoms with Gasteiger partial charge >= 0.3 is 0 Å². The molecule has 0 atom stereocenters. The Balaban J connectivity index is 0.00000205. The molecule has 0 spiro atoms. The monoisotopic (exact) mass is 386 g/mol. The highest BCUT2D eigenvalue weighted by Gasteiger charge is 2.18. The van der Waals surface area contributed by atoms with Gasteiger partial charge in [0.1, 0.15) is 0 Å². The van der Waals surface area contributed by atoms with E-state index >= 15 is 0 Å². The average molecular weight is 386 g/mol. The van der Waals surface area contributed by atoms with Gasteiger partial charge in [-0.25, -0.2) is 0 Å². The molecule has 1 aliphatic rings. The Morgan fingerprint density at radius 2 is 1.97 bits per heavy atom. The van der Waals surface area contributed by atoms with E-state index in [4.69, 9.17) is 0 Å². The van der Waals surface area contributed by atoms with Crippen LogP contribution in [0.4, 0.5) is 0 Å².